The van der Waals surface area contributed by atoms with Crippen LogP contribution in [0.15, 0.2) is 60.9 Å². The SMILES string of the molecule is Cc1ccc(C)c(Nc2c(C(=O)N3CCC4(CC3)COc3ccccc34)cnc3ccnn23)c1. The largest absolute Gasteiger partial charge is 0.492 e. The summed E-state index contributed by atoms with van der Waals surface area (Å²) in [7, 11) is 0. The van der Waals surface area contributed by atoms with E-state index in [0.717, 1.165) is 35.4 Å². The van der Waals surface area contributed by atoms with Crippen molar-refractivity contribution >= 4 is 23.1 Å². The molecular formula is C27H27N5O2. The average Bonchev–Trinajstić information content (AvgIpc) is 3.48. The molecule has 0 radical (unpaired) electrons. The van der Waals surface area contributed by atoms with E-state index in [1.165, 1.54) is 5.56 Å². The summed E-state index contributed by atoms with van der Waals surface area (Å²) < 4.78 is 7.69. The standard InChI is InChI=1S/C27H27N5O2/c1-18-7-8-19(2)22(15-18)30-25-20(16-28-24-9-12-29-32(24)25)26(33)31-13-10-27(11-14-31)17-34-23-6-4-3-5-21(23)27/h3-9,12,15-16,30H,10-11,13-14,17H2,1-2H3. The molecule has 4 heterocycles. The van der Waals surface area contributed by atoms with Gasteiger partial charge >= 0.3 is 0 Å². The quantitative estimate of drug-likeness (QED) is 0.489. The molecule has 0 atom stereocenters. The molecule has 1 amide bonds. The lowest BCUT2D eigenvalue weighted by molar-refractivity contribution is 0.0646. The number of carbonyl (C=O) groups is 1. The van der Waals surface area contributed by atoms with Crippen LogP contribution in [0.1, 0.15) is 39.9 Å². The summed E-state index contributed by atoms with van der Waals surface area (Å²) in [5.41, 5.74) is 5.69. The molecule has 1 saturated heterocycles. The van der Waals surface area contributed by atoms with Crippen LogP contribution >= 0.6 is 0 Å². The number of ether oxygens (including phenoxy) is 1. The molecule has 0 saturated carbocycles. The minimum absolute atomic E-state index is 0.00266. The second kappa shape index (κ2) is 7.87. The van der Waals surface area contributed by atoms with Crippen molar-refractivity contribution in [3.8, 4) is 5.75 Å². The number of benzene rings is 2. The molecular weight excluding hydrogens is 426 g/mol. The number of nitrogens with zero attached hydrogens (tertiary/aromatic N) is 4. The molecule has 2 aliphatic rings. The van der Waals surface area contributed by atoms with E-state index in [1.807, 2.05) is 23.1 Å². The summed E-state index contributed by atoms with van der Waals surface area (Å²) in [4.78, 5) is 20.2. The third kappa shape index (κ3) is 3.31. The number of likely N-dealkylation sites (tertiary alicyclic amines) is 1. The first-order chi connectivity index (χ1) is 16.5. The predicted octanol–water partition coefficient (Wildman–Crippen LogP) is 4.66. The summed E-state index contributed by atoms with van der Waals surface area (Å²) in [6.45, 7) is 6.15. The molecule has 6 rings (SSSR count). The zero-order valence-electron chi connectivity index (χ0n) is 19.4. The molecule has 4 aromatic rings. The van der Waals surface area contributed by atoms with E-state index in [0.29, 0.717) is 36.7 Å². The van der Waals surface area contributed by atoms with Gasteiger partial charge in [-0.1, -0.05) is 30.3 Å². The fourth-order valence-electron chi connectivity index (χ4n) is 5.19. The number of aryl methyl sites for hydroxylation is 2. The van der Waals surface area contributed by atoms with Crippen LogP contribution in [0, 0.1) is 13.8 Å². The van der Waals surface area contributed by atoms with Gasteiger partial charge in [0.2, 0.25) is 0 Å². The number of rotatable bonds is 3. The van der Waals surface area contributed by atoms with Gasteiger partial charge in [-0.15, -0.1) is 0 Å². The van der Waals surface area contributed by atoms with Gasteiger partial charge in [-0.2, -0.15) is 9.61 Å². The Morgan fingerprint density at radius 1 is 1.09 bits per heavy atom. The maximum Gasteiger partial charge on any atom is 0.259 e. The van der Waals surface area contributed by atoms with Crippen LogP contribution in [-0.4, -0.2) is 45.1 Å². The summed E-state index contributed by atoms with van der Waals surface area (Å²) in [5, 5.41) is 7.93. The summed E-state index contributed by atoms with van der Waals surface area (Å²) in [5.74, 6) is 1.60. The third-order valence-electron chi connectivity index (χ3n) is 7.26. The first-order valence-corrected chi connectivity index (χ1v) is 11.7. The van der Waals surface area contributed by atoms with Crippen LogP contribution in [0.2, 0.25) is 0 Å². The molecule has 0 aliphatic carbocycles. The first kappa shape index (κ1) is 20.7. The van der Waals surface area contributed by atoms with Crippen molar-refractivity contribution < 1.29 is 9.53 Å². The fraction of sp³-hybridized carbons (Fsp3) is 0.296. The van der Waals surface area contributed by atoms with Gasteiger partial charge in [0.15, 0.2) is 5.65 Å². The molecule has 1 N–H and O–H groups in total. The second-order valence-corrected chi connectivity index (χ2v) is 9.42. The van der Waals surface area contributed by atoms with Gasteiger partial charge in [-0.25, -0.2) is 4.98 Å². The topological polar surface area (TPSA) is 71.8 Å². The number of nitrogens with one attached hydrogen (secondary N) is 1. The number of piperidine rings is 1. The van der Waals surface area contributed by atoms with Crippen LogP contribution in [0.4, 0.5) is 11.5 Å². The molecule has 7 heteroatoms. The van der Waals surface area contributed by atoms with Crippen LogP contribution in [-0.2, 0) is 5.41 Å². The lowest BCUT2D eigenvalue weighted by Crippen LogP contribution is -2.46. The number of amides is 1. The molecule has 2 aromatic carbocycles. The summed E-state index contributed by atoms with van der Waals surface area (Å²) >= 11 is 0. The van der Waals surface area contributed by atoms with Gasteiger partial charge in [0.25, 0.3) is 5.91 Å². The molecule has 172 valence electrons. The van der Waals surface area contributed by atoms with Crippen molar-refractivity contribution in [2.24, 2.45) is 0 Å². The number of hydrogen-bond donors (Lipinski definition) is 1. The number of hydrogen-bond acceptors (Lipinski definition) is 5. The highest BCUT2D eigenvalue weighted by Crippen LogP contribution is 2.45. The van der Waals surface area contributed by atoms with Crippen LogP contribution in [0.25, 0.3) is 5.65 Å². The van der Waals surface area contributed by atoms with Crippen LogP contribution in [0.3, 0.4) is 0 Å². The highest BCUT2D eigenvalue weighted by molar-refractivity contribution is 5.99. The monoisotopic (exact) mass is 453 g/mol. The minimum Gasteiger partial charge on any atom is -0.492 e. The van der Waals surface area contributed by atoms with E-state index in [4.69, 9.17) is 4.74 Å². The highest BCUT2D eigenvalue weighted by Gasteiger charge is 2.43. The summed E-state index contributed by atoms with van der Waals surface area (Å²) in [6.07, 6.45) is 5.14. The average molecular weight is 454 g/mol. The molecule has 1 fully saturated rings. The molecule has 34 heavy (non-hydrogen) atoms. The van der Waals surface area contributed by atoms with E-state index < -0.39 is 0 Å². The number of para-hydroxylation sites is 1. The van der Waals surface area contributed by atoms with Crippen molar-refractivity contribution in [2.75, 3.05) is 25.0 Å². The van der Waals surface area contributed by atoms with E-state index in [9.17, 15) is 4.79 Å². The molecule has 1 spiro atoms. The fourth-order valence-corrected chi connectivity index (χ4v) is 5.19. The van der Waals surface area contributed by atoms with E-state index in [1.54, 1.807) is 16.9 Å². The predicted molar refractivity (Wildman–Crippen MR) is 131 cm³/mol. The Kier molecular flexibility index (Phi) is 4.79. The maximum absolute atomic E-state index is 13.8. The van der Waals surface area contributed by atoms with Crippen molar-refractivity contribution in [1.82, 2.24) is 19.5 Å². The second-order valence-electron chi connectivity index (χ2n) is 9.42. The zero-order valence-corrected chi connectivity index (χ0v) is 19.4. The Hall–Kier alpha value is -3.87. The van der Waals surface area contributed by atoms with Gasteiger partial charge in [0.05, 0.1) is 12.8 Å². The van der Waals surface area contributed by atoms with E-state index in [-0.39, 0.29) is 11.3 Å². The minimum atomic E-state index is -0.0280. The third-order valence-corrected chi connectivity index (χ3v) is 7.26. The van der Waals surface area contributed by atoms with Crippen LogP contribution < -0.4 is 10.1 Å². The Bertz CT molecular complexity index is 1400. The highest BCUT2D eigenvalue weighted by atomic mass is 16.5. The van der Waals surface area contributed by atoms with Gasteiger partial charge in [0, 0.05) is 42.0 Å². The Labute approximate surface area is 198 Å². The first-order valence-electron chi connectivity index (χ1n) is 11.7. The molecule has 0 bridgehead atoms. The lowest BCUT2D eigenvalue weighted by Gasteiger charge is -2.38. The van der Waals surface area contributed by atoms with Crippen LogP contribution in [0.5, 0.6) is 5.75 Å². The van der Waals surface area contributed by atoms with Crippen molar-refractivity contribution in [2.45, 2.75) is 32.1 Å². The zero-order chi connectivity index (χ0) is 23.3. The molecule has 0 unspecified atom stereocenters. The van der Waals surface area contributed by atoms with E-state index in [2.05, 4.69) is 59.6 Å². The van der Waals surface area contributed by atoms with E-state index >= 15 is 0 Å². The van der Waals surface area contributed by atoms with Gasteiger partial charge in [-0.05, 0) is 49.9 Å². The number of anilines is 2. The van der Waals surface area contributed by atoms with Crippen molar-refractivity contribution in [3.63, 3.8) is 0 Å². The number of aromatic nitrogens is 3. The molecule has 7 nitrogen and oxygen atoms in total. The van der Waals surface area contributed by atoms with Gasteiger partial charge < -0.3 is 15.0 Å². The number of fused-ring (bicyclic) bond motifs is 3. The Morgan fingerprint density at radius 2 is 1.91 bits per heavy atom. The normalized spacial score (nSPS) is 16.5. The number of carbonyl (C=O) groups excluding carboxylic acids is 1. The smallest absolute Gasteiger partial charge is 0.259 e. The Morgan fingerprint density at radius 3 is 2.76 bits per heavy atom. The van der Waals surface area contributed by atoms with Crippen molar-refractivity contribution in [3.05, 3.63) is 83.2 Å². The maximum atomic E-state index is 13.8. The molecule has 2 aliphatic heterocycles. The Balaban J connectivity index is 1.30. The van der Waals surface area contributed by atoms with Crippen molar-refractivity contribution in [1.29, 1.82) is 0 Å². The van der Waals surface area contributed by atoms with Gasteiger partial charge in [-0.3, -0.25) is 4.79 Å². The summed E-state index contributed by atoms with van der Waals surface area (Å²) in [6, 6.07) is 16.4. The van der Waals surface area contributed by atoms with Gasteiger partial charge in [0.1, 0.15) is 17.1 Å². The lowest BCUT2D eigenvalue weighted by atomic mass is 9.74. The molecule has 2 aromatic heterocycles.